The molecule has 1 fully saturated rings. The van der Waals surface area contributed by atoms with Crippen molar-refractivity contribution in [1.29, 1.82) is 0 Å². The maximum Gasteiger partial charge on any atom is 0.248 e. The van der Waals surface area contributed by atoms with Gasteiger partial charge in [0.25, 0.3) is 0 Å². The van der Waals surface area contributed by atoms with E-state index in [0.717, 1.165) is 35.7 Å². The SMILES string of the molecule is Cc1nc(COc2ccccc2/C=C/C(=O)Nc2cc(Cl)ccc2OCC2CCCO2)cs1. The number of carbonyl (C=O) groups excluding carboxylic acids is 1. The Bertz CT molecular complexity index is 1130. The summed E-state index contributed by atoms with van der Waals surface area (Å²) in [4.78, 5) is 17.0. The second-order valence-corrected chi connectivity index (χ2v) is 9.09. The number of aryl methyl sites for hydroxylation is 1. The predicted molar refractivity (Wildman–Crippen MR) is 131 cm³/mol. The molecule has 8 heteroatoms. The molecule has 1 aromatic heterocycles. The average molecular weight is 485 g/mol. The highest BCUT2D eigenvalue weighted by molar-refractivity contribution is 7.09. The number of amides is 1. The number of nitrogens with zero attached hydrogens (tertiary/aromatic N) is 1. The number of thiazole rings is 1. The van der Waals surface area contributed by atoms with E-state index < -0.39 is 0 Å². The van der Waals surface area contributed by atoms with E-state index in [1.807, 2.05) is 36.6 Å². The highest BCUT2D eigenvalue weighted by Crippen LogP contribution is 2.29. The molecule has 4 rings (SSSR count). The van der Waals surface area contributed by atoms with Gasteiger partial charge in [0.15, 0.2) is 0 Å². The Kier molecular flexibility index (Phi) is 7.99. The van der Waals surface area contributed by atoms with E-state index >= 15 is 0 Å². The Morgan fingerprint density at radius 1 is 1.27 bits per heavy atom. The van der Waals surface area contributed by atoms with Gasteiger partial charge in [0.1, 0.15) is 24.7 Å². The first-order valence-electron chi connectivity index (χ1n) is 10.7. The maximum absolute atomic E-state index is 12.6. The summed E-state index contributed by atoms with van der Waals surface area (Å²) in [5.41, 5.74) is 2.18. The van der Waals surface area contributed by atoms with Crippen molar-refractivity contribution < 1.29 is 19.0 Å². The fourth-order valence-electron chi connectivity index (χ4n) is 3.40. The number of rotatable bonds is 9. The van der Waals surface area contributed by atoms with Crippen LogP contribution in [0.2, 0.25) is 5.02 Å². The van der Waals surface area contributed by atoms with Gasteiger partial charge in [0.2, 0.25) is 5.91 Å². The molecule has 0 saturated carbocycles. The van der Waals surface area contributed by atoms with Gasteiger partial charge in [0.05, 0.1) is 22.5 Å². The lowest BCUT2D eigenvalue weighted by Gasteiger charge is -2.15. The zero-order valence-electron chi connectivity index (χ0n) is 18.3. The van der Waals surface area contributed by atoms with Crippen molar-refractivity contribution in [2.75, 3.05) is 18.5 Å². The molecule has 0 spiro atoms. The highest BCUT2D eigenvalue weighted by Gasteiger charge is 2.17. The quantitative estimate of drug-likeness (QED) is 0.383. The summed E-state index contributed by atoms with van der Waals surface area (Å²) in [5, 5.41) is 6.34. The third-order valence-corrected chi connectivity index (χ3v) is 6.08. The summed E-state index contributed by atoms with van der Waals surface area (Å²) in [5.74, 6) is 0.929. The van der Waals surface area contributed by atoms with Gasteiger partial charge in [-0.1, -0.05) is 29.8 Å². The van der Waals surface area contributed by atoms with E-state index in [9.17, 15) is 4.79 Å². The molecule has 1 saturated heterocycles. The Morgan fingerprint density at radius 3 is 2.94 bits per heavy atom. The van der Waals surface area contributed by atoms with Crippen molar-refractivity contribution in [3.05, 3.63) is 75.2 Å². The predicted octanol–water partition coefficient (Wildman–Crippen LogP) is 5.89. The van der Waals surface area contributed by atoms with Gasteiger partial charge >= 0.3 is 0 Å². The van der Waals surface area contributed by atoms with Crippen molar-refractivity contribution >= 4 is 40.6 Å². The van der Waals surface area contributed by atoms with Crippen LogP contribution in [0.15, 0.2) is 53.9 Å². The third kappa shape index (κ3) is 6.81. The van der Waals surface area contributed by atoms with Gasteiger partial charge in [-0.3, -0.25) is 4.79 Å². The molecule has 2 heterocycles. The maximum atomic E-state index is 12.6. The molecule has 6 nitrogen and oxygen atoms in total. The molecular formula is C25H25ClN2O4S. The van der Waals surface area contributed by atoms with Crippen molar-refractivity contribution in [2.45, 2.75) is 32.5 Å². The van der Waals surface area contributed by atoms with Gasteiger partial charge in [-0.05, 0) is 50.1 Å². The molecule has 3 aromatic rings. The molecule has 1 N–H and O–H groups in total. The lowest BCUT2D eigenvalue weighted by Crippen LogP contribution is -2.17. The number of ether oxygens (including phenoxy) is 3. The summed E-state index contributed by atoms with van der Waals surface area (Å²) in [6.45, 7) is 3.53. The van der Waals surface area contributed by atoms with Gasteiger partial charge < -0.3 is 19.5 Å². The first kappa shape index (κ1) is 23.3. The van der Waals surface area contributed by atoms with Crippen molar-refractivity contribution in [1.82, 2.24) is 4.98 Å². The van der Waals surface area contributed by atoms with Crippen molar-refractivity contribution in [3.63, 3.8) is 0 Å². The van der Waals surface area contributed by atoms with Crippen molar-refractivity contribution in [2.24, 2.45) is 0 Å². The molecule has 2 aromatic carbocycles. The van der Waals surface area contributed by atoms with Gasteiger partial charge in [-0.2, -0.15) is 0 Å². The summed E-state index contributed by atoms with van der Waals surface area (Å²) < 4.78 is 17.4. The van der Waals surface area contributed by atoms with Crippen LogP contribution in [0.3, 0.4) is 0 Å². The van der Waals surface area contributed by atoms with E-state index in [4.69, 9.17) is 25.8 Å². The molecule has 172 valence electrons. The van der Waals surface area contributed by atoms with Crippen LogP contribution in [0.25, 0.3) is 6.08 Å². The smallest absolute Gasteiger partial charge is 0.248 e. The van der Waals surface area contributed by atoms with Gasteiger partial charge in [-0.25, -0.2) is 4.98 Å². The molecule has 1 aliphatic rings. The number of aromatic nitrogens is 1. The van der Waals surface area contributed by atoms with E-state index in [1.165, 1.54) is 6.08 Å². The number of halogens is 1. The summed E-state index contributed by atoms with van der Waals surface area (Å²) in [7, 11) is 0. The summed E-state index contributed by atoms with van der Waals surface area (Å²) in [6, 6.07) is 12.7. The van der Waals surface area contributed by atoms with Gasteiger partial charge in [0, 0.05) is 28.6 Å². The second kappa shape index (κ2) is 11.3. The lowest BCUT2D eigenvalue weighted by molar-refractivity contribution is -0.111. The minimum absolute atomic E-state index is 0.0776. The van der Waals surface area contributed by atoms with Crippen LogP contribution in [0.1, 0.15) is 29.1 Å². The number of carbonyl (C=O) groups is 1. The Hall–Kier alpha value is -2.87. The van der Waals surface area contributed by atoms with Crippen LogP contribution < -0.4 is 14.8 Å². The topological polar surface area (TPSA) is 69.7 Å². The Balaban J connectivity index is 1.39. The number of benzene rings is 2. The number of nitrogens with one attached hydrogen (secondary N) is 1. The molecule has 1 atom stereocenters. The minimum atomic E-state index is -0.302. The summed E-state index contributed by atoms with van der Waals surface area (Å²) in [6.07, 6.45) is 5.27. The second-order valence-electron chi connectivity index (χ2n) is 7.59. The standard InChI is InChI=1S/C25H25ClN2O4S/c1-17-27-20(16-33-17)14-31-23-7-3-2-5-18(23)8-11-25(29)28-22-13-19(26)9-10-24(22)32-15-21-6-4-12-30-21/h2-3,5,7-11,13,16,21H,4,6,12,14-15H2,1H3,(H,28,29)/b11-8+. The number of para-hydroxylation sites is 1. The highest BCUT2D eigenvalue weighted by atomic mass is 35.5. The Morgan fingerprint density at radius 2 is 2.15 bits per heavy atom. The molecule has 1 amide bonds. The monoisotopic (exact) mass is 484 g/mol. The van der Waals surface area contributed by atoms with Crippen LogP contribution in [-0.4, -0.2) is 30.2 Å². The molecule has 33 heavy (non-hydrogen) atoms. The molecule has 0 radical (unpaired) electrons. The molecule has 0 aliphatic carbocycles. The lowest BCUT2D eigenvalue weighted by atomic mass is 10.2. The number of hydrogen-bond acceptors (Lipinski definition) is 6. The van der Waals surface area contributed by atoms with Crippen LogP contribution >= 0.6 is 22.9 Å². The average Bonchev–Trinajstić information content (AvgIpc) is 3.48. The Labute approximate surface area is 202 Å². The minimum Gasteiger partial charge on any atom is -0.489 e. The normalized spacial score (nSPS) is 15.6. The van der Waals surface area contributed by atoms with E-state index in [-0.39, 0.29) is 12.0 Å². The summed E-state index contributed by atoms with van der Waals surface area (Å²) >= 11 is 7.72. The van der Waals surface area contributed by atoms with E-state index in [2.05, 4.69) is 10.3 Å². The molecular weight excluding hydrogens is 460 g/mol. The molecule has 1 aliphatic heterocycles. The number of anilines is 1. The zero-order valence-corrected chi connectivity index (χ0v) is 19.8. The first-order chi connectivity index (χ1) is 16.1. The van der Waals surface area contributed by atoms with Gasteiger partial charge in [-0.15, -0.1) is 11.3 Å². The number of hydrogen-bond donors (Lipinski definition) is 1. The zero-order chi connectivity index (χ0) is 23.0. The fraction of sp³-hybridized carbons (Fsp3) is 0.280. The van der Waals surface area contributed by atoms with E-state index in [0.29, 0.717) is 35.4 Å². The van der Waals surface area contributed by atoms with Crippen LogP contribution in [0.5, 0.6) is 11.5 Å². The van der Waals surface area contributed by atoms with Crippen molar-refractivity contribution in [3.8, 4) is 11.5 Å². The largest absolute Gasteiger partial charge is 0.489 e. The fourth-order valence-corrected chi connectivity index (χ4v) is 4.17. The van der Waals surface area contributed by atoms with Crippen LogP contribution in [-0.2, 0) is 16.1 Å². The van der Waals surface area contributed by atoms with E-state index in [1.54, 1.807) is 35.6 Å². The van der Waals surface area contributed by atoms with Crippen LogP contribution in [0.4, 0.5) is 5.69 Å². The molecule has 0 bridgehead atoms. The van der Waals surface area contributed by atoms with Crippen LogP contribution in [0, 0.1) is 6.92 Å². The molecule has 1 unspecified atom stereocenters. The first-order valence-corrected chi connectivity index (χ1v) is 12.0. The third-order valence-electron chi connectivity index (χ3n) is 5.02.